The average molecular weight is 267 g/mol. The number of nitrogens with zero attached hydrogens (tertiary/aromatic N) is 1. The normalized spacial score (nSPS) is 11.3. The van der Waals surface area contributed by atoms with Gasteiger partial charge in [-0.1, -0.05) is 36.4 Å². The van der Waals surface area contributed by atoms with Gasteiger partial charge in [0, 0.05) is 17.1 Å². The van der Waals surface area contributed by atoms with Crippen molar-refractivity contribution >= 4 is 22.9 Å². The summed E-state index contributed by atoms with van der Waals surface area (Å²) in [5.74, 6) is -1.69. The Morgan fingerprint density at radius 2 is 1.70 bits per heavy atom. The molecule has 0 spiro atoms. The highest BCUT2D eigenvalue weighted by Gasteiger charge is 2.04. The molecule has 0 radical (unpaired) electrons. The maximum Gasteiger partial charge on any atom is 0.166 e. The minimum Gasteiger partial charge on any atom is -0.256 e. The Morgan fingerprint density at radius 1 is 0.850 bits per heavy atom. The zero-order valence-corrected chi connectivity index (χ0v) is 10.6. The van der Waals surface area contributed by atoms with Gasteiger partial charge in [-0.3, -0.25) is 4.98 Å². The Kier molecular flexibility index (Phi) is 3.25. The van der Waals surface area contributed by atoms with Crippen molar-refractivity contribution < 1.29 is 8.78 Å². The molecule has 0 aliphatic carbocycles. The van der Waals surface area contributed by atoms with Gasteiger partial charge in [-0.05, 0) is 29.7 Å². The maximum atomic E-state index is 13.6. The number of fused-ring (bicyclic) bond motifs is 1. The number of benzene rings is 2. The second-order valence-electron chi connectivity index (χ2n) is 4.39. The minimum atomic E-state index is -0.849. The van der Waals surface area contributed by atoms with E-state index in [4.69, 9.17) is 0 Å². The first-order valence-electron chi connectivity index (χ1n) is 6.21. The van der Waals surface area contributed by atoms with Crippen molar-refractivity contribution in [1.29, 1.82) is 0 Å². The van der Waals surface area contributed by atoms with E-state index in [1.807, 2.05) is 30.3 Å². The number of aromatic nitrogens is 1. The quantitative estimate of drug-likeness (QED) is 0.656. The van der Waals surface area contributed by atoms with Crippen molar-refractivity contribution in [3.63, 3.8) is 0 Å². The van der Waals surface area contributed by atoms with E-state index < -0.39 is 11.6 Å². The SMILES string of the molecule is Fc1cccc(/C=C/c2nccc3ccccc23)c1F. The van der Waals surface area contributed by atoms with Crippen molar-refractivity contribution in [2.75, 3.05) is 0 Å². The fraction of sp³-hybridized carbons (Fsp3) is 0. The van der Waals surface area contributed by atoms with Gasteiger partial charge in [-0.25, -0.2) is 8.78 Å². The van der Waals surface area contributed by atoms with Crippen LogP contribution in [0.3, 0.4) is 0 Å². The molecule has 3 heteroatoms. The highest BCUT2D eigenvalue weighted by molar-refractivity contribution is 5.91. The molecule has 1 heterocycles. The molecule has 3 aromatic rings. The fourth-order valence-electron chi connectivity index (χ4n) is 2.09. The van der Waals surface area contributed by atoms with Crippen LogP contribution in [0.4, 0.5) is 8.78 Å². The van der Waals surface area contributed by atoms with E-state index in [9.17, 15) is 8.78 Å². The van der Waals surface area contributed by atoms with Gasteiger partial charge >= 0.3 is 0 Å². The molecular formula is C17H11F2N. The molecule has 0 aliphatic rings. The van der Waals surface area contributed by atoms with Crippen LogP contribution in [-0.2, 0) is 0 Å². The summed E-state index contributed by atoms with van der Waals surface area (Å²) in [4.78, 5) is 4.27. The lowest BCUT2D eigenvalue weighted by Crippen LogP contribution is -1.88. The number of hydrogen-bond donors (Lipinski definition) is 0. The molecule has 1 nitrogen and oxygen atoms in total. The van der Waals surface area contributed by atoms with Gasteiger partial charge < -0.3 is 0 Å². The second kappa shape index (κ2) is 5.21. The van der Waals surface area contributed by atoms with E-state index in [0.29, 0.717) is 0 Å². The monoisotopic (exact) mass is 267 g/mol. The molecule has 98 valence electrons. The number of halogens is 2. The molecule has 0 aliphatic heterocycles. The Balaban J connectivity index is 2.05. The summed E-state index contributed by atoms with van der Waals surface area (Å²) in [6, 6.07) is 13.8. The predicted molar refractivity (Wildman–Crippen MR) is 77.0 cm³/mol. The summed E-state index contributed by atoms with van der Waals surface area (Å²) in [7, 11) is 0. The van der Waals surface area contributed by atoms with Crippen LogP contribution in [0.15, 0.2) is 54.7 Å². The van der Waals surface area contributed by atoms with Gasteiger partial charge in [0.05, 0.1) is 5.69 Å². The van der Waals surface area contributed by atoms with Crippen LogP contribution in [0.5, 0.6) is 0 Å². The van der Waals surface area contributed by atoms with Gasteiger partial charge in [-0.2, -0.15) is 0 Å². The molecule has 0 unspecified atom stereocenters. The van der Waals surface area contributed by atoms with Crippen LogP contribution >= 0.6 is 0 Å². The van der Waals surface area contributed by atoms with E-state index in [2.05, 4.69) is 4.98 Å². The van der Waals surface area contributed by atoms with Crippen LogP contribution in [0, 0.1) is 11.6 Å². The topological polar surface area (TPSA) is 12.9 Å². The van der Waals surface area contributed by atoms with E-state index >= 15 is 0 Å². The largest absolute Gasteiger partial charge is 0.256 e. The van der Waals surface area contributed by atoms with Crippen LogP contribution < -0.4 is 0 Å². The first-order chi connectivity index (χ1) is 9.75. The summed E-state index contributed by atoms with van der Waals surface area (Å²) >= 11 is 0. The van der Waals surface area contributed by atoms with Crippen molar-refractivity contribution in [2.45, 2.75) is 0 Å². The lowest BCUT2D eigenvalue weighted by atomic mass is 10.1. The molecule has 0 fully saturated rings. The number of rotatable bonds is 2. The van der Waals surface area contributed by atoms with E-state index in [0.717, 1.165) is 22.5 Å². The molecule has 2 aromatic carbocycles. The maximum absolute atomic E-state index is 13.6. The molecule has 0 saturated carbocycles. The second-order valence-corrected chi connectivity index (χ2v) is 4.39. The van der Waals surface area contributed by atoms with Crippen molar-refractivity contribution in [2.24, 2.45) is 0 Å². The van der Waals surface area contributed by atoms with Gasteiger partial charge in [0.25, 0.3) is 0 Å². The lowest BCUT2D eigenvalue weighted by Gasteiger charge is -2.01. The van der Waals surface area contributed by atoms with Gasteiger partial charge in [-0.15, -0.1) is 0 Å². The fourth-order valence-corrected chi connectivity index (χ4v) is 2.09. The van der Waals surface area contributed by atoms with Crippen LogP contribution in [0.1, 0.15) is 11.3 Å². The Morgan fingerprint density at radius 3 is 2.60 bits per heavy atom. The predicted octanol–water partition coefficient (Wildman–Crippen LogP) is 4.68. The summed E-state index contributed by atoms with van der Waals surface area (Å²) in [5, 5.41) is 2.03. The molecule has 3 rings (SSSR count). The van der Waals surface area contributed by atoms with Crippen molar-refractivity contribution in [1.82, 2.24) is 4.98 Å². The Hall–Kier alpha value is -2.55. The minimum absolute atomic E-state index is 0.208. The summed E-state index contributed by atoms with van der Waals surface area (Å²) in [5.41, 5.74) is 0.937. The van der Waals surface area contributed by atoms with Gasteiger partial charge in [0.1, 0.15) is 0 Å². The first-order valence-corrected chi connectivity index (χ1v) is 6.21. The first kappa shape index (κ1) is 12.5. The molecule has 0 saturated heterocycles. The van der Waals surface area contributed by atoms with E-state index in [-0.39, 0.29) is 5.56 Å². The van der Waals surface area contributed by atoms with Gasteiger partial charge in [0.2, 0.25) is 0 Å². The number of pyridine rings is 1. The van der Waals surface area contributed by atoms with Gasteiger partial charge in [0.15, 0.2) is 11.6 Å². The highest BCUT2D eigenvalue weighted by Crippen LogP contribution is 2.19. The average Bonchev–Trinajstić information content (AvgIpc) is 2.49. The van der Waals surface area contributed by atoms with Crippen molar-refractivity contribution in [3.05, 3.63) is 77.6 Å². The zero-order valence-electron chi connectivity index (χ0n) is 10.6. The molecule has 20 heavy (non-hydrogen) atoms. The zero-order chi connectivity index (χ0) is 13.9. The summed E-state index contributed by atoms with van der Waals surface area (Å²) < 4.78 is 26.7. The third-order valence-electron chi connectivity index (χ3n) is 3.11. The lowest BCUT2D eigenvalue weighted by molar-refractivity contribution is 0.507. The third kappa shape index (κ3) is 2.30. The smallest absolute Gasteiger partial charge is 0.166 e. The molecule has 0 N–H and O–H groups in total. The standard InChI is InChI=1S/C17H11F2N/c18-15-7-3-5-13(17(15)19)8-9-16-14-6-2-1-4-12(14)10-11-20-16/h1-11H/b9-8+. The summed E-state index contributed by atoms with van der Waals surface area (Å²) in [6.07, 6.45) is 4.93. The molecule has 0 atom stereocenters. The summed E-state index contributed by atoms with van der Waals surface area (Å²) in [6.45, 7) is 0. The molecule has 0 amide bonds. The Bertz CT molecular complexity index is 789. The third-order valence-corrected chi connectivity index (χ3v) is 3.11. The molecular weight excluding hydrogens is 256 g/mol. The highest BCUT2D eigenvalue weighted by atomic mass is 19.2. The Labute approximate surface area is 115 Å². The molecule has 0 bridgehead atoms. The van der Waals surface area contributed by atoms with E-state index in [1.54, 1.807) is 12.3 Å². The van der Waals surface area contributed by atoms with Crippen LogP contribution in [0.25, 0.3) is 22.9 Å². The van der Waals surface area contributed by atoms with Crippen LogP contribution in [0.2, 0.25) is 0 Å². The molecule has 1 aromatic heterocycles. The van der Waals surface area contributed by atoms with Crippen LogP contribution in [-0.4, -0.2) is 4.98 Å². The van der Waals surface area contributed by atoms with E-state index in [1.165, 1.54) is 18.2 Å². The number of hydrogen-bond acceptors (Lipinski definition) is 1. The van der Waals surface area contributed by atoms with Crippen molar-refractivity contribution in [3.8, 4) is 0 Å².